The van der Waals surface area contributed by atoms with Crippen molar-refractivity contribution in [1.29, 1.82) is 0 Å². The number of non-ortho nitro benzene ring substituents is 1. The summed E-state index contributed by atoms with van der Waals surface area (Å²) in [7, 11) is 0. The number of nitrogens with zero attached hydrogens (tertiary/aromatic N) is 1. The Bertz CT molecular complexity index is 420. The zero-order valence-corrected chi connectivity index (χ0v) is 9.10. The molecule has 1 rings (SSSR count). The number of nitro groups is 1. The molecule has 0 aliphatic heterocycles. The van der Waals surface area contributed by atoms with Crippen LogP contribution in [0.4, 0.5) is 5.69 Å². The summed E-state index contributed by atoms with van der Waals surface area (Å²) in [6, 6.07) is 5.92. The van der Waals surface area contributed by atoms with Crippen LogP contribution in [0.1, 0.15) is 6.92 Å². The van der Waals surface area contributed by atoms with Crippen LogP contribution in [0.15, 0.2) is 48.6 Å². The third kappa shape index (κ3) is 3.24. The largest absolute Gasteiger partial charge is 0.489 e. The van der Waals surface area contributed by atoms with Gasteiger partial charge in [0.05, 0.1) is 4.92 Å². The molecule has 0 unspecified atom stereocenters. The highest BCUT2D eigenvalue weighted by molar-refractivity contribution is 5.36. The second-order valence-corrected chi connectivity index (χ2v) is 3.42. The van der Waals surface area contributed by atoms with E-state index in [2.05, 4.69) is 13.2 Å². The van der Waals surface area contributed by atoms with Crippen molar-refractivity contribution in [2.75, 3.05) is 6.61 Å². The molecule has 0 radical (unpaired) electrons. The van der Waals surface area contributed by atoms with Crippen molar-refractivity contribution in [1.82, 2.24) is 0 Å². The summed E-state index contributed by atoms with van der Waals surface area (Å²) in [5, 5.41) is 10.4. The molecule has 0 aromatic heterocycles. The molecule has 0 aliphatic carbocycles. The minimum Gasteiger partial charge on any atom is -0.489 e. The van der Waals surface area contributed by atoms with Crippen LogP contribution in [0.3, 0.4) is 0 Å². The quantitative estimate of drug-likeness (QED) is 0.434. The molecule has 1 aromatic rings. The van der Waals surface area contributed by atoms with E-state index < -0.39 is 4.92 Å². The molecule has 0 saturated heterocycles. The highest BCUT2D eigenvalue weighted by Gasteiger charge is 2.04. The van der Waals surface area contributed by atoms with E-state index >= 15 is 0 Å². The van der Waals surface area contributed by atoms with Crippen molar-refractivity contribution in [3.63, 3.8) is 0 Å². The van der Waals surface area contributed by atoms with Crippen molar-refractivity contribution in [2.24, 2.45) is 0 Å². The van der Waals surface area contributed by atoms with Gasteiger partial charge in [-0.25, -0.2) is 0 Å². The first-order chi connectivity index (χ1) is 7.50. The summed E-state index contributed by atoms with van der Waals surface area (Å²) < 4.78 is 5.38. The third-order valence-electron chi connectivity index (χ3n) is 2.06. The van der Waals surface area contributed by atoms with Gasteiger partial charge in [0.1, 0.15) is 12.4 Å². The number of hydrogen-bond acceptors (Lipinski definition) is 3. The molecule has 0 fully saturated rings. The Labute approximate surface area is 94.0 Å². The molecule has 4 heteroatoms. The zero-order chi connectivity index (χ0) is 12.1. The summed E-state index contributed by atoms with van der Waals surface area (Å²) in [4.78, 5) is 9.96. The van der Waals surface area contributed by atoms with Crippen molar-refractivity contribution < 1.29 is 9.66 Å². The van der Waals surface area contributed by atoms with Crippen LogP contribution in [0.5, 0.6) is 5.75 Å². The van der Waals surface area contributed by atoms with Crippen LogP contribution < -0.4 is 4.74 Å². The minimum atomic E-state index is -0.448. The maximum Gasteiger partial charge on any atom is 0.269 e. The van der Waals surface area contributed by atoms with Gasteiger partial charge < -0.3 is 4.74 Å². The number of hydrogen-bond donors (Lipinski definition) is 0. The average molecular weight is 219 g/mol. The van der Waals surface area contributed by atoms with Gasteiger partial charge in [-0.15, -0.1) is 0 Å². The first-order valence-electron chi connectivity index (χ1n) is 4.71. The number of nitro benzene ring substituents is 1. The molecule has 4 nitrogen and oxygen atoms in total. The summed E-state index contributed by atoms with van der Waals surface area (Å²) >= 11 is 0. The van der Waals surface area contributed by atoms with Crippen molar-refractivity contribution in [3.05, 3.63) is 58.7 Å². The second kappa shape index (κ2) is 5.11. The van der Waals surface area contributed by atoms with Gasteiger partial charge in [-0.05, 0) is 24.6 Å². The van der Waals surface area contributed by atoms with Crippen LogP contribution in [-0.4, -0.2) is 11.5 Å². The molecule has 1 aromatic carbocycles. The van der Waals surface area contributed by atoms with Gasteiger partial charge in [0, 0.05) is 12.1 Å². The fourth-order valence-electron chi connectivity index (χ4n) is 0.958. The molecule has 0 aliphatic rings. The SMILES string of the molecule is C=C(C)C(=C)COc1ccc([N+](=O)[O-])cc1. The number of rotatable bonds is 5. The summed E-state index contributed by atoms with van der Waals surface area (Å²) in [5.74, 6) is 0.577. The van der Waals surface area contributed by atoms with Crippen LogP contribution in [0.25, 0.3) is 0 Å². The summed E-state index contributed by atoms with van der Waals surface area (Å²) in [6.07, 6.45) is 0. The summed E-state index contributed by atoms with van der Waals surface area (Å²) in [6.45, 7) is 9.71. The molecule has 0 spiro atoms. The van der Waals surface area contributed by atoms with Crippen molar-refractivity contribution in [2.45, 2.75) is 6.92 Å². The summed E-state index contributed by atoms with van der Waals surface area (Å²) in [5.41, 5.74) is 1.71. The van der Waals surface area contributed by atoms with Crippen LogP contribution >= 0.6 is 0 Å². The Morgan fingerprint density at radius 2 is 1.94 bits per heavy atom. The molecular formula is C12H13NO3. The van der Waals surface area contributed by atoms with E-state index in [1.54, 1.807) is 12.1 Å². The number of ether oxygens (including phenoxy) is 1. The lowest BCUT2D eigenvalue weighted by molar-refractivity contribution is -0.384. The predicted octanol–water partition coefficient (Wildman–Crippen LogP) is 3.11. The molecule has 0 saturated carbocycles. The molecular weight excluding hydrogens is 206 g/mol. The van der Waals surface area contributed by atoms with Crippen molar-refractivity contribution >= 4 is 5.69 Å². The molecule has 0 amide bonds. The molecule has 16 heavy (non-hydrogen) atoms. The lowest BCUT2D eigenvalue weighted by Gasteiger charge is -2.07. The van der Waals surface area contributed by atoms with Gasteiger partial charge in [-0.1, -0.05) is 18.7 Å². The normalized spacial score (nSPS) is 9.56. The Balaban J connectivity index is 2.59. The fraction of sp³-hybridized carbons (Fsp3) is 0.167. The molecule has 0 heterocycles. The first kappa shape index (κ1) is 12.0. The Morgan fingerprint density at radius 1 is 1.38 bits per heavy atom. The lowest BCUT2D eigenvalue weighted by atomic mass is 10.2. The minimum absolute atomic E-state index is 0.0473. The molecule has 0 bridgehead atoms. The van der Waals surface area contributed by atoms with Crippen LogP contribution in [0.2, 0.25) is 0 Å². The molecule has 0 N–H and O–H groups in total. The highest BCUT2D eigenvalue weighted by Crippen LogP contribution is 2.18. The maximum atomic E-state index is 10.4. The van der Waals surface area contributed by atoms with E-state index in [4.69, 9.17) is 4.74 Å². The molecule has 84 valence electrons. The van der Waals surface area contributed by atoms with Gasteiger partial charge in [-0.3, -0.25) is 10.1 Å². The van der Waals surface area contributed by atoms with Gasteiger partial charge >= 0.3 is 0 Å². The van der Waals surface area contributed by atoms with E-state index in [1.807, 2.05) is 6.92 Å². The Morgan fingerprint density at radius 3 is 2.38 bits per heavy atom. The monoisotopic (exact) mass is 219 g/mol. The standard InChI is InChI=1S/C12H13NO3/c1-9(2)10(3)8-16-12-6-4-11(5-7-12)13(14)15/h4-7H,1,3,8H2,2H3. The van der Waals surface area contributed by atoms with E-state index in [0.717, 1.165) is 11.1 Å². The van der Waals surface area contributed by atoms with E-state index in [0.29, 0.717) is 12.4 Å². The van der Waals surface area contributed by atoms with E-state index in [1.165, 1.54) is 12.1 Å². The third-order valence-corrected chi connectivity index (χ3v) is 2.06. The average Bonchev–Trinajstić information content (AvgIpc) is 2.26. The van der Waals surface area contributed by atoms with Crippen molar-refractivity contribution in [3.8, 4) is 5.75 Å². The van der Waals surface area contributed by atoms with Gasteiger partial charge in [0.25, 0.3) is 5.69 Å². The highest BCUT2D eigenvalue weighted by atomic mass is 16.6. The predicted molar refractivity (Wildman–Crippen MR) is 62.5 cm³/mol. The Kier molecular flexibility index (Phi) is 3.83. The Hall–Kier alpha value is -2.10. The topological polar surface area (TPSA) is 52.4 Å². The van der Waals surface area contributed by atoms with E-state index in [9.17, 15) is 10.1 Å². The second-order valence-electron chi connectivity index (χ2n) is 3.42. The van der Waals surface area contributed by atoms with Gasteiger partial charge in [-0.2, -0.15) is 0 Å². The van der Waals surface area contributed by atoms with E-state index in [-0.39, 0.29) is 5.69 Å². The number of benzene rings is 1. The molecule has 0 atom stereocenters. The zero-order valence-electron chi connectivity index (χ0n) is 9.10. The fourth-order valence-corrected chi connectivity index (χ4v) is 0.958. The van der Waals surface area contributed by atoms with Gasteiger partial charge in [0.2, 0.25) is 0 Å². The van der Waals surface area contributed by atoms with Crippen LogP contribution in [0, 0.1) is 10.1 Å². The van der Waals surface area contributed by atoms with Gasteiger partial charge in [0.15, 0.2) is 0 Å². The maximum absolute atomic E-state index is 10.4. The van der Waals surface area contributed by atoms with Crippen LogP contribution in [-0.2, 0) is 0 Å². The lowest BCUT2D eigenvalue weighted by Crippen LogP contribution is -2.00. The smallest absolute Gasteiger partial charge is 0.269 e. The first-order valence-corrected chi connectivity index (χ1v) is 4.71.